The summed E-state index contributed by atoms with van der Waals surface area (Å²) < 4.78 is 5.15. The largest absolute Gasteiger partial charge is 0.507 e. The first-order valence-corrected chi connectivity index (χ1v) is 10.5. The second-order valence-electron chi connectivity index (χ2n) is 9.46. The van der Waals surface area contributed by atoms with E-state index in [0.717, 1.165) is 57.8 Å². The predicted octanol–water partition coefficient (Wildman–Crippen LogP) is 5.37. The maximum atomic E-state index is 10.6. The van der Waals surface area contributed by atoms with E-state index in [4.69, 9.17) is 4.74 Å². The van der Waals surface area contributed by atoms with Crippen LogP contribution in [0.25, 0.3) is 0 Å². The Morgan fingerprint density at radius 1 is 1.00 bits per heavy atom. The van der Waals surface area contributed by atoms with E-state index < -0.39 is 0 Å². The van der Waals surface area contributed by atoms with Crippen molar-refractivity contribution < 1.29 is 24.9 Å². The van der Waals surface area contributed by atoms with E-state index in [9.17, 15) is 20.1 Å². The van der Waals surface area contributed by atoms with Crippen molar-refractivity contribution in [3.05, 3.63) is 17.2 Å². The third-order valence-corrected chi connectivity index (χ3v) is 5.72. The van der Waals surface area contributed by atoms with Crippen LogP contribution in [0.5, 0.6) is 17.2 Å². The number of hydrogen-bond acceptors (Lipinski definition) is 5. The number of phenolic OH excluding ortho intramolecular Hbond substituents is 3. The second-order valence-corrected chi connectivity index (χ2v) is 9.46. The lowest BCUT2D eigenvalue weighted by atomic mass is 9.89. The van der Waals surface area contributed by atoms with Gasteiger partial charge in [-0.05, 0) is 74.8 Å². The zero-order valence-electron chi connectivity index (χ0n) is 17.6. The monoisotopic (exact) mass is 392 g/mol. The maximum absolute atomic E-state index is 10.6. The standard InChI is InChI=1S/C23H36O5/c1-22(2,3)11-7-4-5-10-18-20(26)17(15-19(25)21(18)27)9-6-8-12-23(13-14-23)28-16-24/h15-16,25-27H,4-14H2,1-3H3. The Morgan fingerprint density at radius 3 is 2.29 bits per heavy atom. The first-order chi connectivity index (χ1) is 13.2. The van der Waals surface area contributed by atoms with Crippen LogP contribution in [0.15, 0.2) is 6.07 Å². The minimum absolute atomic E-state index is 0.108. The summed E-state index contributed by atoms with van der Waals surface area (Å²) >= 11 is 0. The Bertz CT molecular complexity index is 656. The number of benzene rings is 1. The first-order valence-electron chi connectivity index (χ1n) is 10.5. The number of aryl methyl sites for hydroxylation is 1. The van der Waals surface area contributed by atoms with Crippen molar-refractivity contribution in [3.63, 3.8) is 0 Å². The minimum Gasteiger partial charge on any atom is -0.507 e. The van der Waals surface area contributed by atoms with E-state index in [1.165, 1.54) is 6.07 Å². The Labute approximate surface area is 168 Å². The van der Waals surface area contributed by atoms with E-state index in [1.54, 1.807) is 0 Å². The Kier molecular flexibility index (Phi) is 7.62. The molecule has 0 aromatic heterocycles. The summed E-state index contributed by atoms with van der Waals surface area (Å²) in [5.74, 6) is -0.259. The lowest BCUT2D eigenvalue weighted by Gasteiger charge is -2.18. The molecule has 1 aliphatic carbocycles. The van der Waals surface area contributed by atoms with Crippen molar-refractivity contribution in [1.82, 2.24) is 0 Å². The van der Waals surface area contributed by atoms with Crippen LogP contribution in [-0.4, -0.2) is 27.4 Å². The predicted molar refractivity (Wildman–Crippen MR) is 110 cm³/mol. The highest BCUT2D eigenvalue weighted by molar-refractivity contribution is 5.56. The minimum atomic E-state index is -0.251. The van der Waals surface area contributed by atoms with Crippen LogP contribution in [0.3, 0.4) is 0 Å². The van der Waals surface area contributed by atoms with Gasteiger partial charge in [0.05, 0.1) is 0 Å². The quantitative estimate of drug-likeness (QED) is 0.193. The Hall–Kier alpha value is -1.91. The van der Waals surface area contributed by atoms with Crippen molar-refractivity contribution in [2.24, 2.45) is 5.41 Å². The fourth-order valence-electron chi connectivity index (χ4n) is 3.75. The van der Waals surface area contributed by atoms with Crippen LogP contribution in [0, 0.1) is 5.41 Å². The molecule has 1 fully saturated rings. The van der Waals surface area contributed by atoms with Crippen molar-refractivity contribution in [2.45, 2.75) is 97.0 Å². The molecule has 0 aliphatic heterocycles. The van der Waals surface area contributed by atoms with Crippen LogP contribution < -0.4 is 0 Å². The van der Waals surface area contributed by atoms with Gasteiger partial charge >= 0.3 is 0 Å². The fraction of sp³-hybridized carbons (Fsp3) is 0.696. The molecule has 0 unspecified atom stereocenters. The average Bonchev–Trinajstić information content (AvgIpc) is 3.37. The van der Waals surface area contributed by atoms with Crippen molar-refractivity contribution in [3.8, 4) is 17.2 Å². The highest BCUT2D eigenvalue weighted by Crippen LogP contribution is 2.44. The molecule has 0 radical (unpaired) electrons. The van der Waals surface area contributed by atoms with Gasteiger partial charge in [-0.25, -0.2) is 0 Å². The van der Waals surface area contributed by atoms with E-state index in [-0.39, 0.29) is 22.8 Å². The number of aromatic hydroxyl groups is 3. The summed E-state index contributed by atoms with van der Waals surface area (Å²) in [5, 5.41) is 30.8. The normalized spacial score (nSPS) is 15.4. The van der Waals surface area contributed by atoms with Gasteiger partial charge in [0.1, 0.15) is 11.4 Å². The molecule has 1 aromatic rings. The molecule has 2 rings (SSSR count). The van der Waals surface area contributed by atoms with Gasteiger partial charge in [-0.15, -0.1) is 0 Å². The molecule has 0 spiro atoms. The molecule has 3 N–H and O–H groups in total. The number of hydrogen-bond donors (Lipinski definition) is 3. The van der Waals surface area contributed by atoms with Crippen molar-refractivity contribution in [2.75, 3.05) is 0 Å². The Morgan fingerprint density at radius 2 is 1.68 bits per heavy atom. The third-order valence-electron chi connectivity index (χ3n) is 5.72. The van der Waals surface area contributed by atoms with Gasteiger partial charge in [0.2, 0.25) is 0 Å². The molecular weight excluding hydrogens is 356 g/mol. The molecule has 28 heavy (non-hydrogen) atoms. The number of carbonyl (C=O) groups is 1. The maximum Gasteiger partial charge on any atom is 0.293 e. The van der Waals surface area contributed by atoms with Crippen LogP contribution in [0.2, 0.25) is 0 Å². The zero-order valence-corrected chi connectivity index (χ0v) is 17.6. The lowest BCUT2D eigenvalue weighted by Crippen LogP contribution is -2.12. The number of ether oxygens (including phenoxy) is 1. The fourth-order valence-corrected chi connectivity index (χ4v) is 3.75. The smallest absolute Gasteiger partial charge is 0.293 e. The van der Waals surface area contributed by atoms with Crippen LogP contribution in [-0.2, 0) is 22.4 Å². The van der Waals surface area contributed by atoms with Gasteiger partial charge in [-0.3, -0.25) is 4.79 Å². The topological polar surface area (TPSA) is 87.0 Å². The van der Waals surface area contributed by atoms with Crippen molar-refractivity contribution in [1.29, 1.82) is 0 Å². The summed E-state index contributed by atoms with van der Waals surface area (Å²) in [4.78, 5) is 10.5. The number of unbranched alkanes of at least 4 members (excludes halogenated alkanes) is 3. The van der Waals surface area contributed by atoms with Gasteiger partial charge < -0.3 is 20.1 Å². The molecule has 0 heterocycles. The lowest BCUT2D eigenvalue weighted by molar-refractivity contribution is -0.135. The molecule has 5 heteroatoms. The highest BCUT2D eigenvalue weighted by atomic mass is 16.5. The summed E-state index contributed by atoms with van der Waals surface area (Å²) in [5.41, 5.74) is 1.19. The molecule has 1 aliphatic rings. The van der Waals surface area contributed by atoms with Crippen molar-refractivity contribution >= 4 is 6.47 Å². The molecular formula is C23H36O5. The highest BCUT2D eigenvalue weighted by Gasteiger charge is 2.44. The first kappa shape index (κ1) is 22.4. The number of rotatable bonds is 12. The van der Waals surface area contributed by atoms with Gasteiger partial charge in [0, 0.05) is 5.56 Å². The molecule has 5 nitrogen and oxygen atoms in total. The van der Waals surface area contributed by atoms with E-state index in [1.807, 2.05) is 0 Å². The Balaban J connectivity index is 1.86. The van der Waals surface area contributed by atoms with E-state index in [0.29, 0.717) is 35.9 Å². The van der Waals surface area contributed by atoms with Crippen LogP contribution >= 0.6 is 0 Å². The molecule has 0 amide bonds. The zero-order chi connectivity index (χ0) is 20.8. The molecule has 1 aromatic carbocycles. The third kappa shape index (κ3) is 6.61. The van der Waals surface area contributed by atoms with Crippen LogP contribution in [0.4, 0.5) is 0 Å². The average molecular weight is 393 g/mol. The van der Waals surface area contributed by atoms with Gasteiger partial charge in [0.25, 0.3) is 6.47 Å². The van der Waals surface area contributed by atoms with Gasteiger partial charge in [0.15, 0.2) is 11.5 Å². The van der Waals surface area contributed by atoms with E-state index in [2.05, 4.69) is 20.8 Å². The summed E-state index contributed by atoms with van der Waals surface area (Å²) in [6, 6.07) is 1.46. The van der Waals surface area contributed by atoms with Gasteiger partial charge in [-0.1, -0.05) is 33.6 Å². The molecule has 0 saturated heterocycles. The number of carbonyl (C=O) groups excluding carboxylic acids is 1. The van der Waals surface area contributed by atoms with E-state index >= 15 is 0 Å². The van der Waals surface area contributed by atoms with Gasteiger partial charge in [-0.2, -0.15) is 0 Å². The summed E-state index contributed by atoms with van der Waals surface area (Å²) in [6.07, 6.45) is 9.72. The molecule has 158 valence electrons. The molecule has 1 saturated carbocycles. The molecule has 0 bridgehead atoms. The summed E-state index contributed by atoms with van der Waals surface area (Å²) in [6.45, 7) is 7.21. The second kappa shape index (κ2) is 9.53. The SMILES string of the molecule is CC(C)(C)CCCCCc1c(O)c(O)cc(CCCCC2(OC=O)CC2)c1O. The summed E-state index contributed by atoms with van der Waals surface area (Å²) in [7, 11) is 0. The van der Waals surface area contributed by atoms with Crippen LogP contribution in [0.1, 0.15) is 89.7 Å². The number of phenols is 3. The molecule has 0 atom stereocenters.